The van der Waals surface area contributed by atoms with Gasteiger partial charge in [0.2, 0.25) is 0 Å². The highest BCUT2D eigenvalue weighted by atomic mass is 32.2. The van der Waals surface area contributed by atoms with Crippen molar-refractivity contribution < 1.29 is 22.4 Å². The van der Waals surface area contributed by atoms with Gasteiger partial charge in [-0.1, -0.05) is 11.3 Å². The molecule has 1 aromatic carbocycles. The zero-order valence-electron chi connectivity index (χ0n) is 13.6. The van der Waals surface area contributed by atoms with Crippen LogP contribution in [0.1, 0.15) is 23.2 Å². The Morgan fingerprint density at radius 3 is 2.84 bits per heavy atom. The number of ether oxygens (including phenoxy) is 1. The smallest absolute Gasteiger partial charge is 0.293 e. The number of carbonyl (C=O) groups is 1. The fraction of sp³-hybridized carbons (Fsp3) is 0.250. The van der Waals surface area contributed by atoms with E-state index in [1.165, 1.54) is 23.5 Å². The van der Waals surface area contributed by atoms with Crippen LogP contribution in [-0.2, 0) is 15.6 Å². The number of nitrogens with zero attached hydrogens (tertiary/aromatic N) is 1. The summed E-state index contributed by atoms with van der Waals surface area (Å²) < 4.78 is 34.1. The maximum Gasteiger partial charge on any atom is 0.293 e. The third-order valence-corrected chi connectivity index (χ3v) is 4.92. The Morgan fingerprint density at radius 2 is 2.12 bits per heavy atom. The molecule has 0 aliphatic carbocycles. The summed E-state index contributed by atoms with van der Waals surface area (Å²) in [5, 5.41) is 3.09. The van der Waals surface area contributed by atoms with Crippen LogP contribution in [0.4, 0.5) is 5.13 Å². The molecule has 0 atom stereocenters. The first-order valence-corrected chi connectivity index (χ1v) is 10.3. The number of hydrogen-bond donors (Lipinski definition) is 1. The van der Waals surface area contributed by atoms with E-state index in [0.717, 1.165) is 22.2 Å². The first-order valence-electron chi connectivity index (χ1n) is 7.45. The van der Waals surface area contributed by atoms with Crippen LogP contribution >= 0.6 is 11.3 Å². The molecule has 2 aromatic heterocycles. The number of nitrogens with one attached hydrogen (secondary N) is 1. The Hall–Kier alpha value is -2.39. The van der Waals surface area contributed by atoms with Gasteiger partial charge in [-0.25, -0.2) is 13.4 Å². The summed E-state index contributed by atoms with van der Waals surface area (Å²) in [6.45, 7) is 2.48. The fourth-order valence-corrected chi connectivity index (χ4v) is 3.77. The normalized spacial score (nSPS) is 11.6. The molecule has 0 unspecified atom stereocenters. The van der Waals surface area contributed by atoms with Gasteiger partial charge in [0.05, 0.1) is 16.8 Å². The third kappa shape index (κ3) is 4.37. The molecule has 0 fully saturated rings. The van der Waals surface area contributed by atoms with Crippen molar-refractivity contribution >= 4 is 42.4 Å². The van der Waals surface area contributed by atoms with Gasteiger partial charge in [-0.05, 0) is 37.3 Å². The summed E-state index contributed by atoms with van der Waals surface area (Å²) in [5.41, 5.74) is 0.751. The number of carbonyl (C=O) groups excluding carboxylic acids is 1. The van der Waals surface area contributed by atoms with Gasteiger partial charge in [0, 0.05) is 6.26 Å². The predicted molar refractivity (Wildman–Crippen MR) is 96.0 cm³/mol. The number of rotatable bonds is 6. The molecule has 0 aliphatic rings. The molecule has 0 bridgehead atoms. The number of sulfone groups is 1. The summed E-state index contributed by atoms with van der Waals surface area (Å²) in [6, 6.07) is 8.42. The average Bonchev–Trinajstić information content (AvgIpc) is 3.11. The van der Waals surface area contributed by atoms with Gasteiger partial charge in [0.1, 0.15) is 17.3 Å². The van der Waals surface area contributed by atoms with Crippen LogP contribution < -0.4 is 10.1 Å². The summed E-state index contributed by atoms with van der Waals surface area (Å²) in [7, 11) is -3.22. The quantitative estimate of drug-likeness (QED) is 0.706. The number of fused-ring (bicyclic) bond motifs is 1. The van der Waals surface area contributed by atoms with E-state index in [0.29, 0.717) is 11.7 Å². The van der Waals surface area contributed by atoms with Crippen LogP contribution in [0.25, 0.3) is 10.2 Å². The van der Waals surface area contributed by atoms with Crippen LogP contribution in [0.3, 0.4) is 0 Å². The van der Waals surface area contributed by atoms with E-state index in [1.54, 1.807) is 0 Å². The van der Waals surface area contributed by atoms with Gasteiger partial charge < -0.3 is 9.15 Å². The second kappa shape index (κ2) is 6.85. The van der Waals surface area contributed by atoms with Crippen molar-refractivity contribution in [3.05, 3.63) is 41.9 Å². The summed E-state index contributed by atoms with van der Waals surface area (Å²) in [6.07, 6.45) is 1.10. The third-order valence-electron chi connectivity index (χ3n) is 3.18. The van der Waals surface area contributed by atoms with Crippen molar-refractivity contribution in [1.29, 1.82) is 0 Å². The molecule has 1 N–H and O–H groups in total. The highest BCUT2D eigenvalue weighted by Crippen LogP contribution is 2.29. The van der Waals surface area contributed by atoms with Crippen LogP contribution in [-0.4, -0.2) is 32.2 Å². The van der Waals surface area contributed by atoms with Crippen molar-refractivity contribution in [3.8, 4) is 5.75 Å². The molecule has 0 spiro atoms. The lowest BCUT2D eigenvalue weighted by molar-refractivity contribution is 0.0995. The van der Waals surface area contributed by atoms with Crippen molar-refractivity contribution in [2.45, 2.75) is 12.7 Å². The number of furan rings is 1. The molecule has 1 amide bonds. The maximum absolute atomic E-state index is 12.2. The highest BCUT2D eigenvalue weighted by Gasteiger charge is 2.16. The lowest BCUT2D eigenvalue weighted by Crippen LogP contribution is -2.10. The minimum atomic E-state index is -3.22. The molecule has 9 heteroatoms. The van der Waals surface area contributed by atoms with Gasteiger partial charge in [-0.2, -0.15) is 0 Å². The molecule has 0 saturated heterocycles. The predicted octanol–water partition coefficient (Wildman–Crippen LogP) is 3.08. The van der Waals surface area contributed by atoms with Crippen LogP contribution in [0, 0.1) is 0 Å². The van der Waals surface area contributed by atoms with E-state index < -0.39 is 15.7 Å². The molecule has 0 saturated carbocycles. The maximum atomic E-state index is 12.2. The van der Waals surface area contributed by atoms with Crippen LogP contribution in [0.15, 0.2) is 34.7 Å². The number of thiazole rings is 1. The number of hydrogen-bond acceptors (Lipinski definition) is 7. The molecule has 0 aliphatic heterocycles. The number of benzene rings is 1. The first-order chi connectivity index (χ1) is 11.8. The molecular formula is C16H16N2O5S2. The molecule has 132 valence electrons. The van der Waals surface area contributed by atoms with E-state index >= 15 is 0 Å². The van der Waals surface area contributed by atoms with Crippen molar-refractivity contribution in [2.75, 3.05) is 18.2 Å². The summed E-state index contributed by atoms with van der Waals surface area (Å²) in [5.74, 6) is 0.268. The zero-order chi connectivity index (χ0) is 18.0. The minimum Gasteiger partial charge on any atom is -0.494 e. The van der Waals surface area contributed by atoms with Gasteiger partial charge in [-0.3, -0.25) is 10.1 Å². The monoisotopic (exact) mass is 380 g/mol. The standard InChI is InChI=1S/C16H16N2O5S2/c1-3-22-10-4-6-12-14(8-10)24-16(17-12)18-15(19)13-7-5-11(23-13)9-25(2,20)21/h4-8H,3,9H2,1-2H3,(H,17,18,19). The molecule has 3 aromatic rings. The summed E-state index contributed by atoms with van der Waals surface area (Å²) >= 11 is 1.32. The Bertz CT molecular complexity index is 1020. The molecule has 25 heavy (non-hydrogen) atoms. The Labute approximate surface area is 148 Å². The highest BCUT2D eigenvalue weighted by molar-refractivity contribution is 7.89. The van der Waals surface area contributed by atoms with Gasteiger partial charge in [0.15, 0.2) is 20.7 Å². The molecule has 0 radical (unpaired) electrons. The molecule has 7 nitrogen and oxygen atoms in total. The fourth-order valence-electron chi connectivity index (χ4n) is 2.21. The Balaban J connectivity index is 1.75. The second-order valence-corrected chi connectivity index (χ2v) is 8.54. The molecule has 2 heterocycles. The van der Waals surface area contributed by atoms with Crippen molar-refractivity contribution in [2.24, 2.45) is 0 Å². The average molecular weight is 380 g/mol. The lowest BCUT2D eigenvalue weighted by Gasteiger charge is -2.00. The second-order valence-electron chi connectivity index (χ2n) is 5.37. The van der Waals surface area contributed by atoms with Gasteiger partial charge >= 0.3 is 0 Å². The van der Waals surface area contributed by atoms with E-state index in [9.17, 15) is 13.2 Å². The van der Waals surface area contributed by atoms with E-state index in [1.807, 2.05) is 25.1 Å². The Morgan fingerprint density at radius 1 is 1.32 bits per heavy atom. The number of amides is 1. The van der Waals surface area contributed by atoms with Crippen molar-refractivity contribution in [3.63, 3.8) is 0 Å². The van der Waals surface area contributed by atoms with Gasteiger partial charge in [-0.15, -0.1) is 0 Å². The summed E-state index contributed by atoms with van der Waals surface area (Å²) in [4.78, 5) is 16.6. The topological polar surface area (TPSA) is 98.5 Å². The van der Waals surface area contributed by atoms with Crippen LogP contribution in [0.5, 0.6) is 5.75 Å². The number of aromatic nitrogens is 1. The lowest BCUT2D eigenvalue weighted by atomic mass is 10.3. The van der Waals surface area contributed by atoms with E-state index in [4.69, 9.17) is 9.15 Å². The van der Waals surface area contributed by atoms with Crippen molar-refractivity contribution in [1.82, 2.24) is 4.98 Å². The molecular weight excluding hydrogens is 364 g/mol. The zero-order valence-corrected chi connectivity index (χ0v) is 15.2. The first kappa shape index (κ1) is 17.4. The van der Waals surface area contributed by atoms with Gasteiger partial charge in [0.25, 0.3) is 5.91 Å². The SMILES string of the molecule is CCOc1ccc2nc(NC(=O)c3ccc(CS(C)(=O)=O)o3)sc2c1. The van der Waals surface area contributed by atoms with E-state index in [-0.39, 0.29) is 17.3 Å². The largest absolute Gasteiger partial charge is 0.494 e. The Kier molecular flexibility index (Phi) is 4.78. The minimum absolute atomic E-state index is 0.0351. The number of anilines is 1. The van der Waals surface area contributed by atoms with Crippen LogP contribution in [0.2, 0.25) is 0 Å². The molecule has 3 rings (SSSR count). The van der Waals surface area contributed by atoms with E-state index in [2.05, 4.69) is 10.3 Å².